The zero-order valence-electron chi connectivity index (χ0n) is 13.4. The lowest BCUT2D eigenvalue weighted by Crippen LogP contribution is -2.40. The van der Waals surface area contributed by atoms with Gasteiger partial charge in [0.15, 0.2) is 0 Å². The molecule has 3 nitrogen and oxygen atoms in total. The monoisotopic (exact) mass is 392 g/mol. The Balaban J connectivity index is 1.78. The summed E-state index contributed by atoms with van der Waals surface area (Å²) in [6.07, 6.45) is 2.53. The lowest BCUT2D eigenvalue weighted by molar-refractivity contribution is -0.126. The van der Waals surface area contributed by atoms with Crippen molar-refractivity contribution in [3.8, 4) is 0 Å². The minimum absolute atomic E-state index is 0.204. The number of likely N-dealkylation sites (tertiary alicyclic amines) is 1. The van der Waals surface area contributed by atoms with Crippen molar-refractivity contribution in [3.05, 3.63) is 34.6 Å². The minimum Gasteiger partial charge on any atom is -0.354 e. The summed E-state index contributed by atoms with van der Waals surface area (Å²) in [6.45, 7) is 3.73. The van der Waals surface area contributed by atoms with E-state index in [0.717, 1.165) is 25.9 Å². The van der Waals surface area contributed by atoms with Crippen molar-refractivity contribution in [2.24, 2.45) is 5.41 Å². The molecule has 1 aliphatic carbocycles. The maximum absolute atomic E-state index is 14.4. The number of halogens is 4. The Labute approximate surface area is 156 Å². The molecule has 2 fully saturated rings. The first kappa shape index (κ1) is 18.2. The van der Waals surface area contributed by atoms with E-state index in [2.05, 4.69) is 10.2 Å². The highest BCUT2D eigenvalue weighted by molar-refractivity contribution is 6.53. The maximum Gasteiger partial charge on any atom is 0.229 e. The summed E-state index contributed by atoms with van der Waals surface area (Å²) in [6, 6.07) is 4.36. The van der Waals surface area contributed by atoms with Crippen LogP contribution in [0, 0.1) is 11.2 Å². The zero-order valence-corrected chi connectivity index (χ0v) is 15.7. The second-order valence-corrected chi connectivity index (χ2v) is 8.71. The van der Waals surface area contributed by atoms with Crippen molar-refractivity contribution in [2.45, 2.75) is 36.6 Å². The summed E-state index contributed by atoms with van der Waals surface area (Å²) in [5, 5.41) is 3.27. The first-order valence-electron chi connectivity index (χ1n) is 8.10. The van der Waals surface area contributed by atoms with Gasteiger partial charge in [-0.05, 0) is 51.4 Å². The van der Waals surface area contributed by atoms with Crippen molar-refractivity contribution in [3.63, 3.8) is 0 Å². The average Bonchev–Trinajstić information content (AvgIpc) is 2.90. The fraction of sp³-hybridized carbons (Fsp3) is 0.588. The molecule has 2 aliphatic rings. The Hall–Kier alpha value is -0.550. The smallest absolute Gasteiger partial charge is 0.229 e. The van der Waals surface area contributed by atoms with Gasteiger partial charge in [0.2, 0.25) is 5.91 Å². The molecule has 7 heteroatoms. The molecule has 1 N–H and O–H groups in total. The molecular formula is C17H20Cl3FN2O. The Morgan fingerprint density at radius 1 is 1.38 bits per heavy atom. The molecule has 1 aromatic rings. The molecule has 1 aromatic carbocycles. The van der Waals surface area contributed by atoms with Crippen LogP contribution in [0.15, 0.2) is 18.2 Å². The van der Waals surface area contributed by atoms with E-state index in [9.17, 15) is 9.18 Å². The third-order valence-electron chi connectivity index (χ3n) is 5.13. The van der Waals surface area contributed by atoms with Crippen LogP contribution in [-0.2, 0) is 4.79 Å². The van der Waals surface area contributed by atoms with Gasteiger partial charge in [0.05, 0.1) is 11.5 Å². The fourth-order valence-electron chi connectivity index (χ4n) is 3.33. The molecule has 0 radical (unpaired) electrons. The zero-order chi connectivity index (χ0) is 17.5. The molecule has 1 aliphatic heterocycles. The highest BCUT2D eigenvalue weighted by Crippen LogP contribution is 2.63. The number of hydrogen-bond donors (Lipinski definition) is 1. The molecule has 2 atom stereocenters. The second-order valence-electron chi connectivity index (χ2n) is 6.82. The predicted molar refractivity (Wildman–Crippen MR) is 95.1 cm³/mol. The van der Waals surface area contributed by atoms with Gasteiger partial charge >= 0.3 is 0 Å². The third-order valence-corrected chi connectivity index (χ3v) is 6.56. The van der Waals surface area contributed by atoms with E-state index in [-0.39, 0.29) is 24.3 Å². The molecule has 1 saturated carbocycles. The van der Waals surface area contributed by atoms with Gasteiger partial charge in [-0.2, -0.15) is 0 Å². The van der Waals surface area contributed by atoms with E-state index in [4.69, 9.17) is 34.8 Å². The van der Waals surface area contributed by atoms with E-state index in [0.29, 0.717) is 17.0 Å². The number of carbonyl (C=O) groups excluding carboxylic acids is 1. The van der Waals surface area contributed by atoms with Gasteiger partial charge in [-0.25, -0.2) is 4.39 Å². The Morgan fingerprint density at radius 3 is 2.54 bits per heavy atom. The fourth-order valence-corrected chi connectivity index (χ4v) is 4.32. The van der Waals surface area contributed by atoms with Gasteiger partial charge in [0.1, 0.15) is 10.2 Å². The summed E-state index contributed by atoms with van der Waals surface area (Å²) in [5.41, 5.74) is -0.352. The molecule has 1 saturated heterocycles. The summed E-state index contributed by atoms with van der Waals surface area (Å²) in [7, 11) is 0. The van der Waals surface area contributed by atoms with Crippen LogP contribution in [0.3, 0.4) is 0 Å². The number of amides is 1. The first-order valence-corrected chi connectivity index (χ1v) is 9.24. The summed E-state index contributed by atoms with van der Waals surface area (Å²) in [5.74, 6) is -0.556. The second kappa shape index (κ2) is 6.64. The van der Waals surface area contributed by atoms with Crippen LogP contribution < -0.4 is 5.32 Å². The molecule has 0 bridgehead atoms. The van der Waals surface area contributed by atoms with Crippen LogP contribution in [0.2, 0.25) is 5.02 Å². The van der Waals surface area contributed by atoms with E-state index >= 15 is 0 Å². The van der Waals surface area contributed by atoms with Gasteiger partial charge in [-0.3, -0.25) is 9.69 Å². The number of nitrogens with one attached hydrogen (secondary N) is 1. The molecule has 132 valence electrons. The molecule has 0 unspecified atom stereocenters. The molecule has 0 spiro atoms. The maximum atomic E-state index is 14.4. The summed E-state index contributed by atoms with van der Waals surface area (Å²) < 4.78 is 13.4. The van der Waals surface area contributed by atoms with Gasteiger partial charge in [-0.1, -0.05) is 17.7 Å². The van der Waals surface area contributed by atoms with Crippen molar-refractivity contribution in [2.75, 3.05) is 19.6 Å². The van der Waals surface area contributed by atoms with Gasteiger partial charge in [-0.15, -0.1) is 23.2 Å². The molecule has 0 aromatic heterocycles. The van der Waals surface area contributed by atoms with Crippen molar-refractivity contribution in [1.82, 2.24) is 10.2 Å². The Morgan fingerprint density at radius 2 is 2.00 bits per heavy atom. The quantitative estimate of drug-likeness (QED) is 0.756. The number of hydrogen-bond acceptors (Lipinski definition) is 2. The van der Waals surface area contributed by atoms with E-state index < -0.39 is 9.75 Å². The van der Waals surface area contributed by atoms with Crippen LogP contribution in [0.25, 0.3) is 0 Å². The number of benzene rings is 1. The van der Waals surface area contributed by atoms with Gasteiger partial charge < -0.3 is 5.32 Å². The summed E-state index contributed by atoms with van der Waals surface area (Å²) >= 11 is 18.4. The molecule has 1 amide bonds. The van der Waals surface area contributed by atoms with E-state index in [1.54, 1.807) is 19.1 Å². The first-order chi connectivity index (χ1) is 11.3. The average molecular weight is 394 g/mol. The highest BCUT2D eigenvalue weighted by Gasteiger charge is 2.67. The topological polar surface area (TPSA) is 32.3 Å². The molecule has 3 rings (SSSR count). The van der Waals surface area contributed by atoms with E-state index in [1.807, 2.05) is 0 Å². The Bertz CT molecular complexity index is 628. The van der Waals surface area contributed by atoms with E-state index in [1.165, 1.54) is 6.07 Å². The van der Waals surface area contributed by atoms with Crippen molar-refractivity contribution >= 4 is 40.7 Å². The van der Waals surface area contributed by atoms with Crippen LogP contribution >= 0.6 is 34.8 Å². The van der Waals surface area contributed by atoms with Crippen LogP contribution in [0.1, 0.15) is 37.8 Å². The molecule has 24 heavy (non-hydrogen) atoms. The number of nitrogens with zero attached hydrogens (tertiary/aromatic N) is 1. The number of carbonyl (C=O) groups is 1. The Kier molecular flexibility index (Phi) is 5.05. The number of rotatable bonds is 5. The molecular weight excluding hydrogens is 374 g/mol. The highest BCUT2D eigenvalue weighted by atomic mass is 35.5. The van der Waals surface area contributed by atoms with Crippen LogP contribution in [-0.4, -0.2) is 34.8 Å². The SMILES string of the molecule is C[C@@]1(C(=O)NC[C@@H](c2c(F)cccc2Cl)N2CCCC2)CC1(Cl)Cl. The standard InChI is InChI=1S/C17H20Cl3FN2O/c1-16(10-17(16,19)20)15(24)22-9-13(23-7-2-3-8-23)14-11(18)5-4-6-12(14)21/h4-6,13H,2-3,7-10H2,1H3,(H,22,24)/t13-,16-/m0/s1. The largest absolute Gasteiger partial charge is 0.354 e. The van der Waals surface area contributed by atoms with Crippen LogP contribution in [0.5, 0.6) is 0 Å². The van der Waals surface area contributed by atoms with Crippen molar-refractivity contribution < 1.29 is 9.18 Å². The lowest BCUT2D eigenvalue weighted by atomic mass is 10.0. The third kappa shape index (κ3) is 3.26. The number of alkyl halides is 2. The van der Waals surface area contributed by atoms with Crippen LogP contribution in [0.4, 0.5) is 4.39 Å². The normalized spacial score (nSPS) is 27.0. The van der Waals surface area contributed by atoms with Crippen molar-refractivity contribution in [1.29, 1.82) is 0 Å². The summed E-state index contributed by atoms with van der Waals surface area (Å²) in [4.78, 5) is 14.6. The lowest BCUT2D eigenvalue weighted by Gasteiger charge is -2.29. The minimum atomic E-state index is -1.02. The molecule has 1 heterocycles. The van der Waals surface area contributed by atoms with Gasteiger partial charge in [0, 0.05) is 17.1 Å². The predicted octanol–water partition coefficient (Wildman–Crippen LogP) is 4.32. The van der Waals surface area contributed by atoms with Gasteiger partial charge in [0.25, 0.3) is 0 Å².